The number of aromatic amines is 1. The number of benzene rings is 2. The Bertz CT molecular complexity index is 982. The highest BCUT2D eigenvalue weighted by atomic mass is 16.5. The van der Waals surface area contributed by atoms with Gasteiger partial charge in [-0.05, 0) is 42.5 Å². The van der Waals surface area contributed by atoms with Crippen LogP contribution in [0.2, 0.25) is 0 Å². The Hall–Kier alpha value is -3.22. The van der Waals surface area contributed by atoms with E-state index in [0.29, 0.717) is 29.8 Å². The molecule has 2 aromatic carbocycles. The number of piperazine rings is 1. The lowest BCUT2D eigenvalue weighted by atomic mass is 10.1. The fourth-order valence-electron chi connectivity index (χ4n) is 3.23. The van der Waals surface area contributed by atoms with Gasteiger partial charge >= 0.3 is 5.76 Å². The average molecular weight is 353 g/mol. The first-order valence-corrected chi connectivity index (χ1v) is 8.45. The molecule has 134 valence electrons. The number of fused-ring (bicyclic) bond motifs is 1. The second kappa shape index (κ2) is 6.59. The van der Waals surface area contributed by atoms with Crippen LogP contribution in [0, 0.1) is 0 Å². The molecule has 1 saturated heterocycles. The third kappa shape index (κ3) is 3.03. The monoisotopic (exact) mass is 353 g/mol. The largest absolute Gasteiger partial charge is 0.497 e. The smallest absolute Gasteiger partial charge is 0.417 e. The maximum Gasteiger partial charge on any atom is 0.417 e. The Labute approximate surface area is 149 Å². The number of amides is 1. The van der Waals surface area contributed by atoms with E-state index in [9.17, 15) is 9.59 Å². The summed E-state index contributed by atoms with van der Waals surface area (Å²) in [6, 6.07) is 12.9. The second-order valence-electron chi connectivity index (χ2n) is 6.20. The van der Waals surface area contributed by atoms with Gasteiger partial charge in [-0.1, -0.05) is 0 Å². The number of aromatic nitrogens is 1. The summed E-state index contributed by atoms with van der Waals surface area (Å²) < 4.78 is 10.2. The molecule has 1 aliphatic heterocycles. The van der Waals surface area contributed by atoms with Crippen LogP contribution in [-0.2, 0) is 0 Å². The zero-order chi connectivity index (χ0) is 18.1. The van der Waals surface area contributed by atoms with Crippen LogP contribution in [0.15, 0.2) is 51.7 Å². The molecule has 4 rings (SSSR count). The molecule has 0 saturated carbocycles. The van der Waals surface area contributed by atoms with Crippen LogP contribution in [0.4, 0.5) is 5.69 Å². The minimum Gasteiger partial charge on any atom is -0.497 e. The molecule has 1 aromatic heterocycles. The van der Waals surface area contributed by atoms with Crippen LogP contribution in [0.3, 0.4) is 0 Å². The molecule has 1 aliphatic rings. The number of nitrogens with zero attached hydrogens (tertiary/aromatic N) is 2. The van der Waals surface area contributed by atoms with Gasteiger partial charge in [0.05, 0.1) is 12.6 Å². The van der Waals surface area contributed by atoms with Gasteiger partial charge in [0.25, 0.3) is 5.91 Å². The number of hydrogen-bond acceptors (Lipinski definition) is 5. The maximum atomic E-state index is 12.7. The molecule has 7 nitrogen and oxygen atoms in total. The number of anilines is 1. The summed E-state index contributed by atoms with van der Waals surface area (Å²) in [4.78, 5) is 30.7. The molecule has 1 N–H and O–H groups in total. The van der Waals surface area contributed by atoms with E-state index in [4.69, 9.17) is 9.15 Å². The summed E-state index contributed by atoms with van der Waals surface area (Å²) >= 11 is 0. The van der Waals surface area contributed by atoms with Crippen molar-refractivity contribution in [1.82, 2.24) is 9.88 Å². The van der Waals surface area contributed by atoms with Crippen molar-refractivity contribution in [3.8, 4) is 5.75 Å². The van der Waals surface area contributed by atoms with Crippen molar-refractivity contribution < 1.29 is 13.9 Å². The Kier molecular flexibility index (Phi) is 4.12. The molecule has 0 aliphatic carbocycles. The Morgan fingerprint density at radius 2 is 1.81 bits per heavy atom. The van der Waals surface area contributed by atoms with E-state index in [-0.39, 0.29) is 5.91 Å². The molecular weight excluding hydrogens is 334 g/mol. The number of nitrogens with one attached hydrogen (secondary N) is 1. The second-order valence-corrected chi connectivity index (χ2v) is 6.20. The molecule has 2 heterocycles. The van der Waals surface area contributed by atoms with Crippen molar-refractivity contribution in [3.05, 3.63) is 58.6 Å². The van der Waals surface area contributed by atoms with Crippen molar-refractivity contribution in [3.63, 3.8) is 0 Å². The van der Waals surface area contributed by atoms with Gasteiger partial charge in [0.2, 0.25) is 0 Å². The van der Waals surface area contributed by atoms with Crippen LogP contribution in [-0.4, -0.2) is 49.1 Å². The third-order valence-corrected chi connectivity index (χ3v) is 4.67. The number of carbonyl (C=O) groups excluding carboxylic acids is 1. The van der Waals surface area contributed by atoms with Gasteiger partial charge in [0, 0.05) is 37.4 Å². The molecule has 3 aromatic rings. The maximum absolute atomic E-state index is 12.7. The SMILES string of the molecule is COc1ccc(N2CCN(C(=O)c3ccc4oc(=O)[nH]c4c3)CC2)cc1. The zero-order valence-electron chi connectivity index (χ0n) is 14.4. The van der Waals surface area contributed by atoms with Crippen molar-refractivity contribution >= 4 is 22.7 Å². The predicted octanol–water partition coefficient (Wildman–Crippen LogP) is 2.09. The minimum atomic E-state index is -0.516. The number of hydrogen-bond donors (Lipinski definition) is 1. The first-order chi connectivity index (χ1) is 12.6. The van der Waals surface area contributed by atoms with E-state index in [1.54, 1.807) is 25.3 Å². The summed E-state index contributed by atoms with van der Waals surface area (Å²) in [5.74, 6) is 0.274. The first kappa shape index (κ1) is 16.3. The number of ether oxygens (including phenoxy) is 1. The highest BCUT2D eigenvalue weighted by molar-refractivity contribution is 5.97. The van der Waals surface area contributed by atoms with Crippen molar-refractivity contribution in [2.75, 3.05) is 38.2 Å². The van der Waals surface area contributed by atoms with Gasteiger partial charge in [0.1, 0.15) is 5.75 Å². The number of carbonyl (C=O) groups is 1. The summed E-state index contributed by atoms with van der Waals surface area (Å²) in [5.41, 5.74) is 2.66. The van der Waals surface area contributed by atoms with E-state index in [1.807, 2.05) is 29.2 Å². The molecule has 7 heteroatoms. The van der Waals surface area contributed by atoms with Crippen LogP contribution in [0.5, 0.6) is 5.75 Å². The Morgan fingerprint density at radius 1 is 1.08 bits per heavy atom. The van der Waals surface area contributed by atoms with Crippen LogP contribution in [0.25, 0.3) is 11.1 Å². The average Bonchev–Trinajstić information content (AvgIpc) is 3.07. The number of H-pyrrole nitrogens is 1. The fourth-order valence-corrected chi connectivity index (χ4v) is 3.23. The normalized spacial score (nSPS) is 14.7. The molecule has 1 amide bonds. The number of methoxy groups -OCH3 is 1. The van der Waals surface area contributed by atoms with Crippen molar-refractivity contribution in [2.45, 2.75) is 0 Å². The summed E-state index contributed by atoms with van der Waals surface area (Å²) in [6.45, 7) is 2.82. The number of oxazole rings is 1. The highest BCUT2D eigenvalue weighted by Gasteiger charge is 2.22. The van der Waals surface area contributed by atoms with Gasteiger partial charge in [-0.15, -0.1) is 0 Å². The molecule has 26 heavy (non-hydrogen) atoms. The lowest BCUT2D eigenvalue weighted by Crippen LogP contribution is -2.48. The van der Waals surface area contributed by atoms with Gasteiger partial charge in [-0.25, -0.2) is 4.79 Å². The Morgan fingerprint density at radius 3 is 2.50 bits per heavy atom. The molecule has 0 unspecified atom stereocenters. The van der Waals surface area contributed by atoms with E-state index < -0.39 is 5.76 Å². The summed E-state index contributed by atoms with van der Waals surface area (Å²) in [5, 5.41) is 0. The molecule has 0 atom stereocenters. The van der Waals surface area contributed by atoms with E-state index >= 15 is 0 Å². The molecule has 0 bridgehead atoms. The first-order valence-electron chi connectivity index (χ1n) is 8.45. The van der Waals surface area contributed by atoms with Gasteiger partial charge < -0.3 is 19.0 Å². The molecule has 1 fully saturated rings. The zero-order valence-corrected chi connectivity index (χ0v) is 14.4. The van der Waals surface area contributed by atoms with Gasteiger partial charge in [-0.2, -0.15) is 0 Å². The molecule has 0 radical (unpaired) electrons. The quantitative estimate of drug-likeness (QED) is 0.780. The molecular formula is C19H19N3O4. The summed E-state index contributed by atoms with van der Waals surface area (Å²) in [7, 11) is 1.65. The van der Waals surface area contributed by atoms with Crippen LogP contribution in [0.1, 0.15) is 10.4 Å². The standard InChI is InChI=1S/C19H19N3O4/c1-25-15-5-3-14(4-6-15)21-8-10-22(11-9-21)18(23)13-2-7-17-16(12-13)20-19(24)26-17/h2-7,12H,8-11H2,1H3,(H,20,24). The highest BCUT2D eigenvalue weighted by Crippen LogP contribution is 2.21. The van der Waals surface area contributed by atoms with E-state index in [0.717, 1.165) is 24.5 Å². The third-order valence-electron chi connectivity index (χ3n) is 4.67. The van der Waals surface area contributed by atoms with Crippen LogP contribution >= 0.6 is 0 Å². The van der Waals surface area contributed by atoms with Crippen molar-refractivity contribution in [1.29, 1.82) is 0 Å². The van der Waals surface area contributed by atoms with Gasteiger partial charge in [0.15, 0.2) is 5.58 Å². The topological polar surface area (TPSA) is 78.8 Å². The summed E-state index contributed by atoms with van der Waals surface area (Å²) in [6.07, 6.45) is 0. The predicted molar refractivity (Wildman–Crippen MR) is 97.9 cm³/mol. The van der Waals surface area contributed by atoms with Crippen molar-refractivity contribution in [2.24, 2.45) is 0 Å². The fraction of sp³-hybridized carbons (Fsp3) is 0.263. The number of rotatable bonds is 3. The van der Waals surface area contributed by atoms with E-state index in [1.165, 1.54) is 0 Å². The van der Waals surface area contributed by atoms with Gasteiger partial charge in [-0.3, -0.25) is 9.78 Å². The van der Waals surface area contributed by atoms with E-state index in [2.05, 4.69) is 9.88 Å². The minimum absolute atomic E-state index is 0.0386. The molecule has 0 spiro atoms. The lowest BCUT2D eigenvalue weighted by molar-refractivity contribution is 0.0747. The lowest BCUT2D eigenvalue weighted by Gasteiger charge is -2.36. The Balaban J connectivity index is 1.44. The van der Waals surface area contributed by atoms with Crippen LogP contribution < -0.4 is 15.4 Å².